The minimum absolute atomic E-state index is 0.267. The number of aromatic nitrogens is 2. The van der Waals surface area contributed by atoms with E-state index in [0.29, 0.717) is 5.56 Å². The lowest BCUT2D eigenvalue weighted by atomic mass is 10.1. The third-order valence-electron chi connectivity index (χ3n) is 3.74. The fourth-order valence-corrected chi connectivity index (χ4v) is 2.12. The van der Waals surface area contributed by atoms with Crippen LogP contribution in [0.25, 0.3) is 0 Å². The Bertz CT molecular complexity index is 603. The van der Waals surface area contributed by atoms with Gasteiger partial charge in [-0.3, -0.25) is 9.48 Å². The van der Waals surface area contributed by atoms with Crippen LogP contribution in [0.1, 0.15) is 41.4 Å². The molecule has 0 radical (unpaired) electrons. The molecular weight excluding hydrogens is 264 g/mol. The standard InChI is InChI=1S/C16H22N4O/c1-11-8-19-20(10-11)13(3)12(2)18-9-14-4-6-15(7-5-14)16(17)21/h4-8,10,12-13,18H,9H2,1-3H3,(H2,17,21)/t12-,13+/m1/s1. The Hall–Kier alpha value is -2.14. The van der Waals surface area contributed by atoms with Crippen molar-refractivity contribution in [2.75, 3.05) is 0 Å². The predicted octanol–water partition coefficient (Wildman–Crippen LogP) is 2.03. The highest BCUT2D eigenvalue weighted by molar-refractivity contribution is 5.92. The van der Waals surface area contributed by atoms with E-state index < -0.39 is 5.91 Å². The molecule has 21 heavy (non-hydrogen) atoms. The molecule has 0 unspecified atom stereocenters. The minimum atomic E-state index is -0.398. The molecule has 0 bridgehead atoms. The topological polar surface area (TPSA) is 72.9 Å². The second-order valence-electron chi connectivity index (χ2n) is 5.47. The number of carbonyl (C=O) groups excluding carboxylic acids is 1. The summed E-state index contributed by atoms with van der Waals surface area (Å²) in [5.74, 6) is -0.398. The van der Waals surface area contributed by atoms with E-state index in [1.807, 2.05) is 36.1 Å². The highest BCUT2D eigenvalue weighted by atomic mass is 16.1. The van der Waals surface area contributed by atoms with Gasteiger partial charge in [0.25, 0.3) is 0 Å². The first-order valence-electron chi connectivity index (χ1n) is 7.10. The van der Waals surface area contributed by atoms with Crippen LogP contribution in [0.2, 0.25) is 0 Å². The molecule has 1 aromatic carbocycles. The van der Waals surface area contributed by atoms with Crippen LogP contribution in [-0.4, -0.2) is 21.7 Å². The van der Waals surface area contributed by atoms with E-state index in [2.05, 4.69) is 24.3 Å². The zero-order chi connectivity index (χ0) is 15.4. The van der Waals surface area contributed by atoms with Crippen LogP contribution in [0, 0.1) is 6.92 Å². The Morgan fingerprint density at radius 3 is 2.52 bits per heavy atom. The molecule has 0 spiro atoms. The van der Waals surface area contributed by atoms with Crippen molar-refractivity contribution in [2.24, 2.45) is 5.73 Å². The lowest BCUT2D eigenvalue weighted by molar-refractivity contribution is 0.100. The van der Waals surface area contributed by atoms with Crippen molar-refractivity contribution in [1.29, 1.82) is 0 Å². The summed E-state index contributed by atoms with van der Waals surface area (Å²) in [4.78, 5) is 11.0. The van der Waals surface area contributed by atoms with Gasteiger partial charge in [-0.1, -0.05) is 12.1 Å². The maximum absolute atomic E-state index is 11.0. The molecule has 1 heterocycles. The van der Waals surface area contributed by atoms with E-state index in [1.165, 1.54) is 0 Å². The average molecular weight is 286 g/mol. The number of amides is 1. The van der Waals surface area contributed by atoms with Crippen LogP contribution in [0.4, 0.5) is 0 Å². The number of nitrogens with zero attached hydrogens (tertiary/aromatic N) is 2. The monoisotopic (exact) mass is 286 g/mol. The quantitative estimate of drug-likeness (QED) is 0.853. The minimum Gasteiger partial charge on any atom is -0.366 e. The van der Waals surface area contributed by atoms with Crippen molar-refractivity contribution in [3.05, 3.63) is 53.3 Å². The molecule has 1 aromatic heterocycles. The first-order valence-corrected chi connectivity index (χ1v) is 7.10. The highest BCUT2D eigenvalue weighted by Gasteiger charge is 2.14. The third kappa shape index (κ3) is 3.92. The second-order valence-corrected chi connectivity index (χ2v) is 5.47. The molecule has 5 nitrogen and oxygen atoms in total. The van der Waals surface area contributed by atoms with E-state index in [1.54, 1.807) is 12.1 Å². The van der Waals surface area contributed by atoms with E-state index in [0.717, 1.165) is 17.7 Å². The number of hydrogen-bond acceptors (Lipinski definition) is 3. The first-order chi connectivity index (χ1) is 9.97. The molecule has 2 atom stereocenters. The Morgan fingerprint density at radius 2 is 2.00 bits per heavy atom. The first kappa shape index (κ1) is 15.3. The van der Waals surface area contributed by atoms with Gasteiger partial charge < -0.3 is 11.1 Å². The Labute approximate surface area is 125 Å². The molecule has 2 rings (SSSR count). The van der Waals surface area contributed by atoms with Gasteiger partial charge in [-0.05, 0) is 44.0 Å². The van der Waals surface area contributed by atoms with Crippen LogP contribution in [0.5, 0.6) is 0 Å². The van der Waals surface area contributed by atoms with Gasteiger partial charge >= 0.3 is 0 Å². The molecule has 0 saturated heterocycles. The number of rotatable bonds is 6. The van der Waals surface area contributed by atoms with Crippen LogP contribution < -0.4 is 11.1 Å². The van der Waals surface area contributed by atoms with Gasteiger partial charge in [0, 0.05) is 24.3 Å². The zero-order valence-electron chi connectivity index (χ0n) is 12.7. The summed E-state index contributed by atoms with van der Waals surface area (Å²) in [7, 11) is 0. The number of nitrogens with one attached hydrogen (secondary N) is 1. The number of nitrogens with two attached hydrogens (primary N) is 1. The molecule has 0 aliphatic rings. The number of benzene rings is 1. The maximum Gasteiger partial charge on any atom is 0.248 e. The molecule has 3 N–H and O–H groups in total. The van der Waals surface area contributed by atoms with Gasteiger partial charge in [0.15, 0.2) is 0 Å². The van der Waals surface area contributed by atoms with E-state index >= 15 is 0 Å². The SMILES string of the molecule is Cc1cnn([C@@H](C)[C@@H](C)NCc2ccc(C(N)=O)cc2)c1. The summed E-state index contributed by atoms with van der Waals surface area (Å²) in [6.07, 6.45) is 3.91. The lowest BCUT2D eigenvalue weighted by Gasteiger charge is -2.22. The Morgan fingerprint density at radius 1 is 1.33 bits per heavy atom. The van der Waals surface area contributed by atoms with Crippen molar-refractivity contribution in [3.63, 3.8) is 0 Å². The summed E-state index contributed by atoms with van der Waals surface area (Å²) >= 11 is 0. The summed E-state index contributed by atoms with van der Waals surface area (Å²) < 4.78 is 1.98. The third-order valence-corrected chi connectivity index (χ3v) is 3.74. The van der Waals surface area contributed by atoms with Crippen LogP contribution in [0.15, 0.2) is 36.7 Å². The normalized spacial score (nSPS) is 13.9. The average Bonchev–Trinajstić information content (AvgIpc) is 2.91. The van der Waals surface area contributed by atoms with E-state index in [9.17, 15) is 4.79 Å². The van der Waals surface area contributed by atoms with Gasteiger partial charge in [-0.25, -0.2) is 0 Å². The maximum atomic E-state index is 11.0. The zero-order valence-corrected chi connectivity index (χ0v) is 12.7. The predicted molar refractivity (Wildman–Crippen MR) is 82.9 cm³/mol. The van der Waals surface area contributed by atoms with Crippen molar-refractivity contribution in [2.45, 2.75) is 39.4 Å². The molecule has 0 fully saturated rings. The van der Waals surface area contributed by atoms with Crippen LogP contribution >= 0.6 is 0 Å². The van der Waals surface area contributed by atoms with Crippen LogP contribution in [-0.2, 0) is 6.54 Å². The molecule has 0 saturated carbocycles. The highest BCUT2D eigenvalue weighted by Crippen LogP contribution is 2.12. The Balaban J connectivity index is 1.91. The molecule has 0 aliphatic heterocycles. The summed E-state index contributed by atoms with van der Waals surface area (Å²) in [5.41, 5.74) is 8.05. The fraction of sp³-hybridized carbons (Fsp3) is 0.375. The van der Waals surface area contributed by atoms with E-state index in [4.69, 9.17) is 5.73 Å². The van der Waals surface area contributed by atoms with Crippen molar-refractivity contribution in [3.8, 4) is 0 Å². The van der Waals surface area contributed by atoms with E-state index in [-0.39, 0.29) is 12.1 Å². The van der Waals surface area contributed by atoms with Gasteiger partial charge in [-0.2, -0.15) is 5.10 Å². The largest absolute Gasteiger partial charge is 0.366 e. The van der Waals surface area contributed by atoms with Gasteiger partial charge in [0.1, 0.15) is 0 Å². The second kappa shape index (κ2) is 6.54. The molecule has 112 valence electrons. The summed E-state index contributed by atoms with van der Waals surface area (Å²) in [6.45, 7) is 7.05. The lowest BCUT2D eigenvalue weighted by Crippen LogP contribution is -2.33. The smallest absolute Gasteiger partial charge is 0.248 e. The van der Waals surface area contributed by atoms with Crippen molar-refractivity contribution in [1.82, 2.24) is 15.1 Å². The fourth-order valence-electron chi connectivity index (χ4n) is 2.12. The van der Waals surface area contributed by atoms with Crippen LogP contribution in [0.3, 0.4) is 0 Å². The number of carbonyl (C=O) groups is 1. The van der Waals surface area contributed by atoms with Gasteiger partial charge in [-0.15, -0.1) is 0 Å². The number of hydrogen-bond donors (Lipinski definition) is 2. The van der Waals surface area contributed by atoms with Gasteiger partial charge in [0.2, 0.25) is 5.91 Å². The summed E-state index contributed by atoms with van der Waals surface area (Å²) in [5, 5.41) is 7.83. The Kier molecular flexibility index (Phi) is 4.75. The summed E-state index contributed by atoms with van der Waals surface area (Å²) in [6, 6.07) is 7.89. The van der Waals surface area contributed by atoms with Crippen molar-refractivity contribution >= 4 is 5.91 Å². The number of primary amides is 1. The van der Waals surface area contributed by atoms with Crippen molar-refractivity contribution < 1.29 is 4.79 Å². The molecule has 1 amide bonds. The molecule has 0 aliphatic carbocycles. The molecular formula is C16H22N4O. The number of aryl methyl sites for hydroxylation is 1. The van der Waals surface area contributed by atoms with Gasteiger partial charge in [0.05, 0.1) is 12.2 Å². The molecule has 2 aromatic rings. The molecule has 5 heteroatoms.